The van der Waals surface area contributed by atoms with Crippen molar-refractivity contribution < 1.29 is 28.7 Å². The van der Waals surface area contributed by atoms with E-state index < -0.39 is 14.3 Å². The lowest BCUT2D eigenvalue weighted by Crippen LogP contribution is -2.63. The number of aliphatic carboxylic acids is 1. The Balaban J connectivity index is 1.61. The van der Waals surface area contributed by atoms with Gasteiger partial charge in [-0.15, -0.1) is 0 Å². The number of β-lactam (4-membered cyclic amide) rings is 1. The fraction of sp³-hybridized carbons (Fsp3) is 0.720. The van der Waals surface area contributed by atoms with Crippen LogP contribution in [-0.2, 0) is 18.8 Å². The molecule has 2 saturated heterocycles. The van der Waals surface area contributed by atoms with Gasteiger partial charge in [-0.25, -0.2) is 9.59 Å². The minimum absolute atomic E-state index is 0.0341. The lowest BCUT2D eigenvalue weighted by atomic mass is 9.82. The highest BCUT2D eigenvalue weighted by Gasteiger charge is 2.58. The molecule has 9 heteroatoms. The van der Waals surface area contributed by atoms with Gasteiger partial charge in [0.2, 0.25) is 5.91 Å². The van der Waals surface area contributed by atoms with Gasteiger partial charge in [0.1, 0.15) is 12.3 Å². The van der Waals surface area contributed by atoms with E-state index in [1.807, 2.05) is 6.92 Å². The Morgan fingerprint density at radius 3 is 2.59 bits per heavy atom. The Bertz CT molecular complexity index is 877. The number of carbonyl (C=O) groups is 3. The van der Waals surface area contributed by atoms with E-state index in [1.165, 1.54) is 4.90 Å². The predicted molar refractivity (Wildman–Crippen MR) is 132 cm³/mol. The molecular weight excluding hydrogens is 452 g/mol. The van der Waals surface area contributed by atoms with Gasteiger partial charge in [0, 0.05) is 13.1 Å². The zero-order chi connectivity index (χ0) is 25.4. The number of nitrogens with zero attached hydrogens (tertiary/aromatic N) is 2. The van der Waals surface area contributed by atoms with E-state index in [-0.39, 0.29) is 47.4 Å². The highest BCUT2D eigenvalue weighted by molar-refractivity contribution is 6.74. The standard InChI is InChI=1S/C25H40N2O6Si/c1-8-13-32-24(31)26-12-11-17(15-26)9-10-18-14-19-20(22(28)27(19)21(18)23(29)30)16(2)33-34(6,7)25(3,4)5/h8,16-17,19-20H,1,9-15H2,2-7H3,(H,29,30)/t16-,17?,19-,20-/m1/s1. The molecule has 3 heterocycles. The maximum atomic E-state index is 13.0. The molecule has 0 spiro atoms. The highest BCUT2D eigenvalue weighted by Crippen LogP contribution is 2.47. The molecule has 2 fully saturated rings. The molecule has 2 amide bonds. The van der Waals surface area contributed by atoms with Gasteiger partial charge in [-0.3, -0.25) is 4.79 Å². The van der Waals surface area contributed by atoms with Crippen LogP contribution in [0.5, 0.6) is 0 Å². The van der Waals surface area contributed by atoms with E-state index in [0.29, 0.717) is 31.8 Å². The van der Waals surface area contributed by atoms with Crippen molar-refractivity contribution in [1.82, 2.24) is 9.80 Å². The average Bonchev–Trinajstić information content (AvgIpc) is 3.32. The van der Waals surface area contributed by atoms with Crippen LogP contribution in [0.25, 0.3) is 0 Å². The van der Waals surface area contributed by atoms with Crippen molar-refractivity contribution in [1.29, 1.82) is 0 Å². The Labute approximate surface area is 204 Å². The van der Waals surface area contributed by atoms with Crippen molar-refractivity contribution in [3.63, 3.8) is 0 Å². The number of amides is 2. The van der Waals surface area contributed by atoms with Crippen LogP contribution in [0.4, 0.5) is 4.79 Å². The minimum atomic E-state index is -2.05. The van der Waals surface area contributed by atoms with E-state index in [0.717, 1.165) is 18.4 Å². The van der Waals surface area contributed by atoms with Crippen molar-refractivity contribution in [3.8, 4) is 0 Å². The number of carboxylic acid groups (broad SMARTS) is 1. The Hall–Kier alpha value is -2.13. The Morgan fingerprint density at radius 2 is 2.00 bits per heavy atom. The summed E-state index contributed by atoms with van der Waals surface area (Å²) in [6.45, 7) is 17.8. The first-order valence-electron chi connectivity index (χ1n) is 12.3. The monoisotopic (exact) mass is 492 g/mol. The first kappa shape index (κ1) is 26.5. The molecular formula is C25H40N2O6Si. The van der Waals surface area contributed by atoms with Gasteiger partial charge >= 0.3 is 12.1 Å². The molecule has 1 unspecified atom stereocenters. The van der Waals surface area contributed by atoms with Crippen molar-refractivity contribution in [2.75, 3.05) is 19.7 Å². The molecule has 0 aromatic carbocycles. The molecule has 3 aliphatic heterocycles. The molecule has 0 radical (unpaired) electrons. The van der Waals surface area contributed by atoms with Gasteiger partial charge in [-0.05, 0) is 62.2 Å². The van der Waals surface area contributed by atoms with E-state index in [9.17, 15) is 19.5 Å². The summed E-state index contributed by atoms with van der Waals surface area (Å²) < 4.78 is 11.6. The van der Waals surface area contributed by atoms with Crippen LogP contribution in [0.3, 0.4) is 0 Å². The molecule has 34 heavy (non-hydrogen) atoms. The van der Waals surface area contributed by atoms with Gasteiger partial charge in [0.05, 0.1) is 18.1 Å². The number of fused-ring (bicyclic) bond motifs is 1. The van der Waals surface area contributed by atoms with Crippen LogP contribution in [-0.4, -0.2) is 73.0 Å². The van der Waals surface area contributed by atoms with Crippen LogP contribution in [0.15, 0.2) is 23.9 Å². The first-order valence-corrected chi connectivity index (χ1v) is 15.2. The zero-order valence-corrected chi connectivity index (χ0v) is 22.4. The fourth-order valence-corrected chi connectivity index (χ4v) is 6.55. The summed E-state index contributed by atoms with van der Waals surface area (Å²) in [6, 6.07) is -0.137. The lowest BCUT2D eigenvalue weighted by Gasteiger charge is -2.48. The molecule has 0 aromatic rings. The summed E-state index contributed by atoms with van der Waals surface area (Å²) in [5.74, 6) is -1.19. The summed E-state index contributed by atoms with van der Waals surface area (Å²) in [5.41, 5.74) is 0.992. The Morgan fingerprint density at radius 1 is 1.32 bits per heavy atom. The summed E-state index contributed by atoms with van der Waals surface area (Å²) >= 11 is 0. The minimum Gasteiger partial charge on any atom is -0.477 e. The molecule has 190 valence electrons. The number of carboxylic acids is 1. The van der Waals surface area contributed by atoms with Crippen LogP contribution < -0.4 is 0 Å². The third-order valence-electron chi connectivity index (χ3n) is 8.02. The molecule has 0 aliphatic carbocycles. The summed E-state index contributed by atoms with van der Waals surface area (Å²) in [4.78, 5) is 40.4. The second kappa shape index (κ2) is 9.85. The summed E-state index contributed by atoms with van der Waals surface area (Å²) in [7, 11) is -2.05. The highest BCUT2D eigenvalue weighted by atomic mass is 28.4. The molecule has 3 rings (SSSR count). The maximum Gasteiger partial charge on any atom is 0.410 e. The fourth-order valence-electron chi connectivity index (χ4n) is 5.12. The molecule has 0 aromatic heterocycles. The van der Waals surface area contributed by atoms with Crippen LogP contribution in [0, 0.1) is 11.8 Å². The van der Waals surface area contributed by atoms with Crippen LogP contribution >= 0.6 is 0 Å². The third-order valence-corrected chi connectivity index (χ3v) is 12.6. The number of hydrogen-bond acceptors (Lipinski definition) is 5. The smallest absolute Gasteiger partial charge is 0.410 e. The van der Waals surface area contributed by atoms with E-state index in [2.05, 4.69) is 40.4 Å². The number of ether oxygens (including phenoxy) is 1. The summed E-state index contributed by atoms with van der Waals surface area (Å²) in [6.07, 6.45) is 3.82. The molecule has 0 saturated carbocycles. The van der Waals surface area contributed by atoms with Gasteiger partial charge in [-0.1, -0.05) is 33.4 Å². The van der Waals surface area contributed by atoms with E-state index in [4.69, 9.17) is 9.16 Å². The molecule has 1 N–H and O–H groups in total. The predicted octanol–water partition coefficient (Wildman–Crippen LogP) is 4.39. The maximum absolute atomic E-state index is 13.0. The molecule has 3 aliphatic rings. The second-order valence-corrected chi connectivity index (χ2v) is 16.1. The van der Waals surface area contributed by atoms with Gasteiger partial charge in [0.15, 0.2) is 8.32 Å². The normalized spacial score (nSPS) is 25.8. The SMILES string of the molecule is C=CCOC(=O)N1CCC(CCC2=C(C(=O)O)N3C(=O)[C@H]([C@@H](C)O[Si](C)(C)C(C)(C)C)[C@H]3C2)C1. The molecule has 8 nitrogen and oxygen atoms in total. The molecule has 0 bridgehead atoms. The topological polar surface area (TPSA) is 96.4 Å². The summed E-state index contributed by atoms with van der Waals surface area (Å²) in [5, 5.41) is 9.91. The van der Waals surface area contributed by atoms with Gasteiger partial charge < -0.3 is 24.1 Å². The average molecular weight is 493 g/mol. The van der Waals surface area contributed by atoms with E-state index in [1.54, 1.807) is 11.0 Å². The number of carbonyl (C=O) groups excluding carboxylic acids is 2. The van der Waals surface area contributed by atoms with Crippen molar-refractivity contribution in [2.45, 2.75) is 83.7 Å². The van der Waals surface area contributed by atoms with Crippen molar-refractivity contribution >= 4 is 26.3 Å². The first-order chi connectivity index (χ1) is 15.8. The lowest BCUT2D eigenvalue weighted by molar-refractivity contribution is -0.160. The third kappa shape index (κ3) is 5.10. The second-order valence-electron chi connectivity index (χ2n) is 11.4. The number of hydrogen-bond donors (Lipinski definition) is 1. The van der Waals surface area contributed by atoms with Crippen LogP contribution in [0.2, 0.25) is 18.1 Å². The zero-order valence-electron chi connectivity index (χ0n) is 21.4. The number of rotatable bonds is 9. The van der Waals surface area contributed by atoms with Gasteiger partial charge in [0.25, 0.3) is 0 Å². The van der Waals surface area contributed by atoms with Crippen molar-refractivity contribution in [2.24, 2.45) is 11.8 Å². The quantitative estimate of drug-likeness (QED) is 0.291. The molecule has 4 atom stereocenters. The Kier molecular flexibility index (Phi) is 7.67. The largest absolute Gasteiger partial charge is 0.477 e. The van der Waals surface area contributed by atoms with Gasteiger partial charge in [-0.2, -0.15) is 0 Å². The van der Waals surface area contributed by atoms with Crippen molar-refractivity contribution in [3.05, 3.63) is 23.9 Å². The van der Waals surface area contributed by atoms with E-state index >= 15 is 0 Å². The van der Waals surface area contributed by atoms with Crippen LogP contribution in [0.1, 0.15) is 53.4 Å². The number of likely N-dealkylation sites (tertiary alicyclic amines) is 1.